The van der Waals surface area contributed by atoms with E-state index in [-0.39, 0.29) is 9.49 Å². The van der Waals surface area contributed by atoms with Crippen molar-refractivity contribution in [2.24, 2.45) is 17.2 Å². The molecule has 2 aliphatic heterocycles. The van der Waals surface area contributed by atoms with Gasteiger partial charge in [-0.25, -0.2) is 0 Å². The van der Waals surface area contributed by atoms with Crippen LogP contribution in [0.4, 0.5) is 5.69 Å². The fourth-order valence-electron chi connectivity index (χ4n) is 4.05. The normalized spacial score (nSPS) is 32.3. The van der Waals surface area contributed by atoms with Gasteiger partial charge in [0.1, 0.15) is 0 Å². The zero-order valence-electron chi connectivity index (χ0n) is 16.4. The van der Waals surface area contributed by atoms with E-state index in [2.05, 4.69) is 54.6 Å². The van der Waals surface area contributed by atoms with E-state index in [1.807, 2.05) is 53.9 Å². The zero-order chi connectivity index (χ0) is 20.9. The summed E-state index contributed by atoms with van der Waals surface area (Å²) in [6, 6.07) is 18.5. The summed E-state index contributed by atoms with van der Waals surface area (Å²) in [5.74, 6) is 0. The third-order valence-electron chi connectivity index (χ3n) is 5.91. The second-order valence-electron chi connectivity index (χ2n) is 7.85. The van der Waals surface area contributed by atoms with Crippen LogP contribution >= 0.6 is 23.5 Å². The minimum absolute atomic E-state index is 0.0637. The Balaban J connectivity index is 0.000000128. The summed E-state index contributed by atoms with van der Waals surface area (Å²) >= 11 is 3.79. The Kier molecular flexibility index (Phi) is 4.45. The van der Waals surface area contributed by atoms with Crippen molar-refractivity contribution < 1.29 is 0 Å². The van der Waals surface area contributed by atoms with Gasteiger partial charge in [0.15, 0.2) is 0 Å². The lowest BCUT2D eigenvalue weighted by Gasteiger charge is -2.16. The fourth-order valence-corrected chi connectivity index (χ4v) is 6.67. The summed E-state index contributed by atoms with van der Waals surface area (Å²) in [4.78, 5) is 0. The molecule has 2 aromatic carbocycles. The number of hydrogen-bond donors (Lipinski definition) is 4. The smallest absolute Gasteiger partial charge is 0.0774 e. The summed E-state index contributed by atoms with van der Waals surface area (Å²) in [5, 5.41) is 0.844. The lowest BCUT2D eigenvalue weighted by atomic mass is 9.90. The standard InChI is InChI=1S/2C12H12N2S/c13-9-3-1-8(2-4-9)12-6-5-10(14)7-11(12)15-12;13-9-6-7-12(11(15-12)10(9)14)8-4-2-1-3-5-8/h2*1-7,11H,13-14H2. The van der Waals surface area contributed by atoms with Crippen LogP contribution in [0.3, 0.4) is 0 Å². The molecule has 2 aliphatic carbocycles. The van der Waals surface area contributed by atoms with Gasteiger partial charge in [-0.15, -0.1) is 23.5 Å². The maximum atomic E-state index is 5.97. The van der Waals surface area contributed by atoms with Crippen molar-refractivity contribution in [3.05, 3.63) is 113 Å². The molecule has 0 spiro atoms. The molecule has 4 unspecified atom stereocenters. The first-order chi connectivity index (χ1) is 14.4. The molecule has 2 saturated heterocycles. The highest BCUT2D eigenvalue weighted by atomic mass is 32.2. The monoisotopic (exact) mass is 432 g/mol. The van der Waals surface area contributed by atoms with Crippen LogP contribution in [0.15, 0.2) is 102 Å². The number of anilines is 1. The van der Waals surface area contributed by atoms with Crippen molar-refractivity contribution in [2.45, 2.75) is 20.0 Å². The molecule has 0 radical (unpaired) electrons. The molecule has 0 amide bonds. The first-order valence-electron chi connectivity index (χ1n) is 9.83. The first-order valence-corrected chi connectivity index (χ1v) is 11.6. The molecule has 4 aliphatic rings. The SMILES string of the molecule is NC1=C(N)C2SC2(c2ccccc2)C=C1.NC1=CC2SC2(c2ccc(N)cc2)C=C1. The molecule has 2 aromatic rings. The number of fused-ring (bicyclic) bond motifs is 2. The predicted octanol–water partition coefficient (Wildman–Crippen LogP) is 3.69. The third kappa shape index (κ3) is 3.11. The largest absolute Gasteiger partial charge is 0.399 e. The number of allylic oxidation sites excluding steroid dienone is 2. The maximum absolute atomic E-state index is 5.97. The van der Waals surface area contributed by atoms with Gasteiger partial charge in [-0.3, -0.25) is 0 Å². The quantitative estimate of drug-likeness (QED) is 0.426. The van der Waals surface area contributed by atoms with Gasteiger partial charge < -0.3 is 22.9 Å². The van der Waals surface area contributed by atoms with Crippen LogP contribution < -0.4 is 22.9 Å². The van der Waals surface area contributed by atoms with Gasteiger partial charge in [-0.05, 0) is 41.5 Å². The number of benzene rings is 2. The van der Waals surface area contributed by atoms with Crippen LogP contribution in [-0.2, 0) is 9.49 Å². The Morgan fingerprint density at radius 3 is 2.07 bits per heavy atom. The average molecular weight is 433 g/mol. The van der Waals surface area contributed by atoms with Crippen molar-refractivity contribution in [1.29, 1.82) is 0 Å². The maximum Gasteiger partial charge on any atom is 0.0774 e. The topological polar surface area (TPSA) is 104 Å². The van der Waals surface area contributed by atoms with Crippen LogP contribution in [0, 0.1) is 0 Å². The summed E-state index contributed by atoms with van der Waals surface area (Å²) < 4.78 is 0.199. The van der Waals surface area contributed by atoms with Crippen molar-refractivity contribution in [3.63, 3.8) is 0 Å². The Morgan fingerprint density at radius 1 is 0.700 bits per heavy atom. The minimum atomic E-state index is 0.0637. The van der Waals surface area contributed by atoms with E-state index in [0.717, 1.165) is 22.8 Å². The van der Waals surface area contributed by atoms with Crippen molar-refractivity contribution in [1.82, 2.24) is 0 Å². The van der Waals surface area contributed by atoms with E-state index in [1.54, 1.807) is 0 Å². The fraction of sp³-hybridized carbons (Fsp3) is 0.167. The van der Waals surface area contributed by atoms with Gasteiger partial charge in [0.2, 0.25) is 0 Å². The van der Waals surface area contributed by atoms with Gasteiger partial charge in [0, 0.05) is 22.3 Å². The molecule has 0 aromatic heterocycles. The minimum Gasteiger partial charge on any atom is -0.399 e. The predicted molar refractivity (Wildman–Crippen MR) is 129 cm³/mol. The molecule has 0 bridgehead atoms. The van der Waals surface area contributed by atoms with Gasteiger partial charge >= 0.3 is 0 Å². The van der Waals surface area contributed by atoms with Crippen LogP contribution in [-0.4, -0.2) is 10.5 Å². The van der Waals surface area contributed by atoms with Gasteiger partial charge in [-0.2, -0.15) is 0 Å². The summed E-state index contributed by atoms with van der Waals surface area (Å²) in [7, 11) is 0. The van der Waals surface area contributed by atoms with Crippen molar-refractivity contribution in [3.8, 4) is 0 Å². The zero-order valence-corrected chi connectivity index (χ0v) is 18.0. The summed E-state index contributed by atoms with van der Waals surface area (Å²) in [6.45, 7) is 0. The number of nitrogens with two attached hydrogens (primary N) is 4. The van der Waals surface area contributed by atoms with Crippen LogP contribution in [0.2, 0.25) is 0 Å². The highest BCUT2D eigenvalue weighted by Crippen LogP contribution is 2.66. The highest BCUT2D eigenvalue weighted by Gasteiger charge is 2.58. The molecule has 4 atom stereocenters. The molecule has 6 heteroatoms. The van der Waals surface area contributed by atoms with E-state index < -0.39 is 0 Å². The summed E-state index contributed by atoms with van der Waals surface area (Å²) in [6.07, 6.45) is 10.4. The van der Waals surface area contributed by atoms with Crippen LogP contribution in [0.5, 0.6) is 0 Å². The lowest BCUT2D eigenvalue weighted by molar-refractivity contribution is 0.844. The van der Waals surface area contributed by atoms with Gasteiger partial charge in [-0.1, -0.05) is 54.6 Å². The number of rotatable bonds is 2. The average Bonchev–Trinajstić information content (AvgIpc) is 3.66. The molecule has 4 nitrogen and oxygen atoms in total. The Morgan fingerprint density at radius 2 is 1.37 bits per heavy atom. The second-order valence-corrected chi connectivity index (χ2v) is 10.7. The first kappa shape index (κ1) is 19.3. The van der Waals surface area contributed by atoms with Gasteiger partial charge in [0.25, 0.3) is 0 Å². The van der Waals surface area contributed by atoms with E-state index in [4.69, 9.17) is 22.9 Å². The van der Waals surface area contributed by atoms with Crippen LogP contribution in [0.25, 0.3) is 0 Å². The molecule has 30 heavy (non-hydrogen) atoms. The Labute approximate surface area is 185 Å². The summed E-state index contributed by atoms with van der Waals surface area (Å²) in [5.41, 5.74) is 29.0. The third-order valence-corrected chi connectivity index (χ3v) is 9.04. The molecule has 8 N–H and O–H groups in total. The van der Waals surface area contributed by atoms with Gasteiger partial charge in [0.05, 0.1) is 20.4 Å². The van der Waals surface area contributed by atoms with Crippen molar-refractivity contribution >= 4 is 29.2 Å². The lowest BCUT2D eigenvalue weighted by Crippen LogP contribution is -2.22. The number of thioether (sulfide) groups is 2. The van der Waals surface area contributed by atoms with E-state index >= 15 is 0 Å². The van der Waals surface area contributed by atoms with E-state index in [0.29, 0.717) is 10.5 Å². The molecule has 0 saturated carbocycles. The molecule has 6 rings (SSSR count). The molecular weight excluding hydrogens is 408 g/mol. The van der Waals surface area contributed by atoms with E-state index in [9.17, 15) is 0 Å². The van der Waals surface area contributed by atoms with Crippen molar-refractivity contribution in [2.75, 3.05) is 5.73 Å². The molecule has 2 heterocycles. The molecule has 2 fully saturated rings. The molecule has 152 valence electrons. The van der Waals surface area contributed by atoms with Crippen LogP contribution in [0.1, 0.15) is 11.1 Å². The second kappa shape index (κ2) is 6.93. The Bertz CT molecular complexity index is 1100. The number of hydrogen-bond acceptors (Lipinski definition) is 6. The highest BCUT2D eigenvalue weighted by molar-refractivity contribution is 8.08. The van der Waals surface area contributed by atoms with E-state index in [1.165, 1.54) is 11.1 Å². The molecular formula is C24H24N4S2. The number of nitrogen functional groups attached to an aromatic ring is 1. The Hall–Kier alpha value is -2.70.